The van der Waals surface area contributed by atoms with Gasteiger partial charge in [0, 0.05) is 17.9 Å². The van der Waals surface area contributed by atoms with Crippen molar-refractivity contribution in [2.75, 3.05) is 12.7 Å². The van der Waals surface area contributed by atoms with Gasteiger partial charge < -0.3 is 14.5 Å². The molecule has 94 valence electrons. The Bertz CT molecular complexity index is 580. The molecule has 1 N–H and O–H groups in total. The van der Waals surface area contributed by atoms with Gasteiger partial charge in [-0.3, -0.25) is 0 Å². The molecule has 1 aliphatic heterocycles. The number of aromatic amines is 1. The molecule has 5 heteroatoms. The van der Waals surface area contributed by atoms with Crippen molar-refractivity contribution in [3.05, 3.63) is 29.7 Å². The molecule has 0 amide bonds. The minimum absolute atomic E-state index is 0.290. The second-order valence-corrected chi connectivity index (χ2v) is 4.58. The molecule has 1 aromatic heterocycles. The van der Waals surface area contributed by atoms with E-state index in [2.05, 4.69) is 9.97 Å². The van der Waals surface area contributed by atoms with Gasteiger partial charge in [-0.05, 0) is 24.6 Å². The van der Waals surface area contributed by atoms with E-state index >= 15 is 0 Å². The van der Waals surface area contributed by atoms with Crippen LogP contribution in [0.15, 0.2) is 18.3 Å². The number of hydrogen-bond donors (Lipinski definition) is 1. The quantitative estimate of drug-likeness (QED) is 0.867. The van der Waals surface area contributed by atoms with E-state index < -0.39 is 0 Å². The van der Waals surface area contributed by atoms with E-state index in [1.54, 1.807) is 0 Å². The van der Waals surface area contributed by atoms with Crippen molar-refractivity contribution in [1.82, 2.24) is 9.97 Å². The molecule has 1 aromatic carbocycles. The second kappa shape index (κ2) is 4.53. The number of ether oxygens (including phenoxy) is 2. The van der Waals surface area contributed by atoms with Crippen LogP contribution >= 0.6 is 11.6 Å². The molecule has 0 fully saturated rings. The molecule has 2 aromatic rings. The Hall–Kier alpha value is -1.68. The van der Waals surface area contributed by atoms with Gasteiger partial charge >= 0.3 is 0 Å². The fourth-order valence-electron chi connectivity index (χ4n) is 2.05. The molecule has 0 spiro atoms. The first-order valence-corrected chi connectivity index (χ1v) is 6.32. The summed E-state index contributed by atoms with van der Waals surface area (Å²) in [4.78, 5) is 7.58. The highest BCUT2D eigenvalue weighted by Gasteiger charge is 2.17. The number of hydrogen-bond acceptors (Lipinski definition) is 3. The number of fused-ring (bicyclic) bond motifs is 1. The van der Waals surface area contributed by atoms with Crippen molar-refractivity contribution in [2.24, 2.45) is 0 Å². The predicted octanol–water partition coefficient (Wildman–Crippen LogP) is 2.90. The lowest BCUT2D eigenvalue weighted by molar-refractivity contribution is 0.174. The van der Waals surface area contributed by atoms with Gasteiger partial charge in [0.1, 0.15) is 5.82 Å². The Balaban J connectivity index is 2.00. The van der Waals surface area contributed by atoms with Gasteiger partial charge in [0.25, 0.3) is 0 Å². The van der Waals surface area contributed by atoms with Crippen LogP contribution in [0.1, 0.15) is 11.4 Å². The van der Waals surface area contributed by atoms with E-state index in [4.69, 9.17) is 21.1 Å². The molecule has 0 unspecified atom stereocenters. The average molecular weight is 265 g/mol. The Labute approximate surface area is 110 Å². The topological polar surface area (TPSA) is 47.1 Å². The number of H-pyrrole nitrogens is 1. The Morgan fingerprint density at radius 2 is 2.11 bits per heavy atom. The molecule has 0 saturated heterocycles. The zero-order valence-corrected chi connectivity index (χ0v) is 10.8. The highest BCUT2D eigenvalue weighted by atomic mass is 35.5. The van der Waals surface area contributed by atoms with Crippen LogP contribution in [0.25, 0.3) is 11.3 Å². The summed E-state index contributed by atoms with van der Waals surface area (Å²) in [5.74, 6) is 3.05. The van der Waals surface area contributed by atoms with Crippen molar-refractivity contribution >= 4 is 11.6 Å². The molecule has 1 aliphatic rings. The van der Waals surface area contributed by atoms with Gasteiger partial charge in [-0.2, -0.15) is 0 Å². The number of alkyl halides is 1. The molecule has 0 radical (unpaired) electrons. The number of rotatable bonds is 3. The third-order valence-corrected chi connectivity index (χ3v) is 3.16. The summed E-state index contributed by atoms with van der Waals surface area (Å²) in [6.45, 7) is 2.33. The normalized spacial score (nSPS) is 13.0. The van der Waals surface area contributed by atoms with Gasteiger partial charge in [-0.1, -0.05) is 0 Å². The lowest BCUT2D eigenvalue weighted by Gasteiger charge is -2.05. The molecule has 0 aliphatic carbocycles. The number of aryl methyl sites for hydroxylation is 2. The Kier molecular flexibility index (Phi) is 2.88. The highest BCUT2D eigenvalue weighted by Crippen LogP contribution is 2.37. The van der Waals surface area contributed by atoms with E-state index in [0.717, 1.165) is 40.6 Å². The molecule has 18 heavy (non-hydrogen) atoms. The van der Waals surface area contributed by atoms with Gasteiger partial charge in [0.05, 0.1) is 11.9 Å². The Morgan fingerprint density at radius 1 is 1.33 bits per heavy atom. The maximum Gasteiger partial charge on any atom is 0.231 e. The standard InChI is InChI=1S/C13H13ClN2O2/c1-8-4-11-12(18-7-17-11)5-9(8)10-6-15-13(16-10)2-3-14/h4-6H,2-3,7H2,1H3,(H,15,16). The van der Waals surface area contributed by atoms with E-state index in [1.807, 2.05) is 25.3 Å². The van der Waals surface area contributed by atoms with Crippen LogP contribution in [0.5, 0.6) is 11.5 Å². The number of imidazole rings is 1. The fourth-order valence-corrected chi connectivity index (χ4v) is 2.23. The molecular weight excluding hydrogens is 252 g/mol. The van der Waals surface area contributed by atoms with Crippen LogP contribution in [0.2, 0.25) is 0 Å². The lowest BCUT2D eigenvalue weighted by Crippen LogP contribution is -1.92. The van der Waals surface area contributed by atoms with Crippen LogP contribution in [0, 0.1) is 6.92 Å². The molecule has 0 bridgehead atoms. The first kappa shape index (κ1) is 11.4. The largest absolute Gasteiger partial charge is 0.454 e. The first-order chi connectivity index (χ1) is 8.78. The summed E-state index contributed by atoms with van der Waals surface area (Å²) in [5.41, 5.74) is 3.18. The van der Waals surface area contributed by atoms with Gasteiger partial charge in [0.2, 0.25) is 6.79 Å². The molecule has 0 saturated carbocycles. The first-order valence-electron chi connectivity index (χ1n) is 5.78. The fraction of sp³-hybridized carbons (Fsp3) is 0.308. The summed E-state index contributed by atoms with van der Waals surface area (Å²) in [5, 5.41) is 0. The predicted molar refractivity (Wildman–Crippen MR) is 69.3 cm³/mol. The number of aromatic nitrogens is 2. The number of nitrogens with zero attached hydrogens (tertiary/aromatic N) is 1. The minimum atomic E-state index is 0.290. The van der Waals surface area contributed by atoms with E-state index in [0.29, 0.717) is 12.7 Å². The van der Waals surface area contributed by atoms with Crippen molar-refractivity contribution in [3.63, 3.8) is 0 Å². The van der Waals surface area contributed by atoms with Crippen molar-refractivity contribution < 1.29 is 9.47 Å². The van der Waals surface area contributed by atoms with E-state index in [9.17, 15) is 0 Å². The van der Waals surface area contributed by atoms with E-state index in [-0.39, 0.29) is 0 Å². The van der Waals surface area contributed by atoms with E-state index in [1.165, 1.54) is 0 Å². The van der Waals surface area contributed by atoms with Gasteiger partial charge in [-0.15, -0.1) is 11.6 Å². The zero-order valence-electron chi connectivity index (χ0n) is 10.00. The van der Waals surface area contributed by atoms with Crippen molar-refractivity contribution in [1.29, 1.82) is 0 Å². The van der Waals surface area contributed by atoms with Crippen molar-refractivity contribution in [2.45, 2.75) is 13.3 Å². The van der Waals surface area contributed by atoms with Crippen LogP contribution in [0.3, 0.4) is 0 Å². The van der Waals surface area contributed by atoms with Gasteiger partial charge in [0.15, 0.2) is 11.5 Å². The Morgan fingerprint density at radius 3 is 2.89 bits per heavy atom. The van der Waals surface area contributed by atoms with Crippen LogP contribution in [-0.2, 0) is 6.42 Å². The summed E-state index contributed by atoms with van der Waals surface area (Å²) < 4.78 is 10.7. The molecule has 4 nitrogen and oxygen atoms in total. The highest BCUT2D eigenvalue weighted by molar-refractivity contribution is 6.17. The molecular formula is C13H13ClN2O2. The summed E-state index contributed by atoms with van der Waals surface area (Å²) in [7, 11) is 0. The second-order valence-electron chi connectivity index (χ2n) is 4.20. The third-order valence-electron chi connectivity index (χ3n) is 2.97. The maximum atomic E-state index is 5.70. The molecule has 0 atom stereocenters. The number of nitrogens with one attached hydrogen (secondary N) is 1. The lowest BCUT2D eigenvalue weighted by atomic mass is 10.1. The molecule has 2 heterocycles. The third kappa shape index (κ3) is 1.93. The van der Waals surface area contributed by atoms with Crippen molar-refractivity contribution in [3.8, 4) is 22.8 Å². The van der Waals surface area contributed by atoms with Gasteiger partial charge in [-0.25, -0.2) is 4.98 Å². The smallest absolute Gasteiger partial charge is 0.231 e. The SMILES string of the molecule is Cc1cc2c(cc1-c1cnc(CCCl)[nH]1)OCO2. The van der Waals surface area contributed by atoms with Crippen LogP contribution in [-0.4, -0.2) is 22.6 Å². The summed E-state index contributed by atoms with van der Waals surface area (Å²) in [6.07, 6.45) is 2.57. The number of halogens is 1. The summed E-state index contributed by atoms with van der Waals surface area (Å²) >= 11 is 5.70. The monoisotopic (exact) mass is 264 g/mol. The van der Waals surface area contributed by atoms with Crippen LogP contribution in [0.4, 0.5) is 0 Å². The maximum absolute atomic E-state index is 5.70. The minimum Gasteiger partial charge on any atom is -0.454 e. The summed E-state index contributed by atoms with van der Waals surface area (Å²) in [6, 6.07) is 3.97. The molecule has 3 rings (SSSR count). The number of benzene rings is 1. The zero-order chi connectivity index (χ0) is 12.5. The van der Waals surface area contributed by atoms with Crippen LogP contribution < -0.4 is 9.47 Å². The average Bonchev–Trinajstić information content (AvgIpc) is 2.96.